The van der Waals surface area contributed by atoms with Crippen molar-refractivity contribution in [2.24, 2.45) is 16.1 Å². The maximum Gasteiger partial charge on any atom is 0.330 e. The highest BCUT2D eigenvalue weighted by atomic mass is 16.2. The summed E-state index contributed by atoms with van der Waals surface area (Å²) in [5.74, 6) is 4.90. The summed E-state index contributed by atoms with van der Waals surface area (Å²) in [4.78, 5) is 10.8. The van der Waals surface area contributed by atoms with Crippen molar-refractivity contribution in [3.8, 4) is 0 Å². The van der Waals surface area contributed by atoms with Crippen molar-refractivity contribution in [3.05, 3.63) is 0 Å². The molecule has 0 saturated heterocycles. The third kappa shape index (κ3) is 6.03. The standard InChI is InChI=1S/C7H17N5O/c1-5(2)11-12-7(3,4)9-6(13)10-8/h5H,8H2,1-4H3,(H2,9,10,13). The summed E-state index contributed by atoms with van der Waals surface area (Å²) in [5.41, 5.74) is 1.23. The molecular formula is C7H17N5O. The molecule has 0 heterocycles. The molecule has 2 amide bonds. The van der Waals surface area contributed by atoms with Crippen LogP contribution in [0.25, 0.3) is 0 Å². The lowest BCUT2D eigenvalue weighted by Gasteiger charge is -2.19. The first-order chi connectivity index (χ1) is 5.87. The third-order valence-corrected chi connectivity index (χ3v) is 1.09. The van der Waals surface area contributed by atoms with Crippen LogP contribution in [0.5, 0.6) is 0 Å². The van der Waals surface area contributed by atoms with Crippen molar-refractivity contribution in [2.45, 2.75) is 39.4 Å². The van der Waals surface area contributed by atoms with Crippen molar-refractivity contribution in [1.29, 1.82) is 0 Å². The molecule has 0 aromatic carbocycles. The molecule has 13 heavy (non-hydrogen) atoms. The highest BCUT2D eigenvalue weighted by molar-refractivity contribution is 5.73. The maximum absolute atomic E-state index is 10.8. The van der Waals surface area contributed by atoms with Crippen LogP contribution < -0.4 is 16.6 Å². The van der Waals surface area contributed by atoms with Crippen LogP contribution in [0.3, 0.4) is 0 Å². The second-order valence-corrected chi connectivity index (χ2v) is 3.47. The Morgan fingerprint density at radius 3 is 2.38 bits per heavy atom. The Balaban J connectivity index is 4.15. The van der Waals surface area contributed by atoms with Gasteiger partial charge >= 0.3 is 6.03 Å². The summed E-state index contributed by atoms with van der Waals surface area (Å²) in [6.07, 6.45) is 0. The van der Waals surface area contributed by atoms with Gasteiger partial charge in [0.05, 0.1) is 6.04 Å². The van der Waals surface area contributed by atoms with Crippen molar-refractivity contribution in [2.75, 3.05) is 0 Å². The first-order valence-corrected chi connectivity index (χ1v) is 4.08. The zero-order chi connectivity index (χ0) is 10.5. The molecule has 0 saturated carbocycles. The molecule has 0 fully saturated rings. The zero-order valence-electron chi connectivity index (χ0n) is 8.46. The summed E-state index contributed by atoms with van der Waals surface area (Å²) in [6.45, 7) is 7.27. The first-order valence-electron chi connectivity index (χ1n) is 4.08. The molecule has 0 aromatic rings. The fourth-order valence-electron chi connectivity index (χ4n) is 0.599. The number of nitrogens with zero attached hydrogens (tertiary/aromatic N) is 2. The van der Waals surface area contributed by atoms with Gasteiger partial charge in [0.2, 0.25) is 0 Å². The molecule has 0 aliphatic rings. The van der Waals surface area contributed by atoms with Crippen LogP contribution in [-0.4, -0.2) is 17.7 Å². The van der Waals surface area contributed by atoms with E-state index in [-0.39, 0.29) is 6.04 Å². The van der Waals surface area contributed by atoms with Gasteiger partial charge in [0.15, 0.2) is 0 Å². The number of nitrogens with one attached hydrogen (secondary N) is 2. The molecular weight excluding hydrogens is 170 g/mol. The zero-order valence-corrected chi connectivity index (χ0v) is 8.46. The smallest absolute Gasteiger partial charge is 0.311 e. The van der Waals surface area contributed by atoms with E-state index in [9.17, 15) is 4.79 Å². The van der Waals surface area contributed by atoms with Crippen molar-refractivity contribution < 1.29 is 4.79 Å². The molecule has 0 radical (unpaired) electrons. The van der Waals surface area contributed by atoms with Gasteiger partial charge < -0.3 is 5.32 Å². The molecule has 0 unspecified atom stereocenters. The molecule has 0 spiro atoms. The molecule has 0 rings (SSSR count). The molecule has 76 valence electrons. The number of hydrazine groups is 1. The van der Waals surface area contributed by atoms with E-state index in [1.807, 2.05) is 19.3 Å². The van der Waals surface area contributed by atoms with E-state index in [0.29, 0.717) is 0 Å². The number of azo groups is 1. The number of hydrogen-bond donors (Lipinski definition) is 3. The van der Waals surface area contributed by atoms with Crippen LogP contribution in [0.15, 0.2) is 10.2 Å². The van der Waals surface area contributed by atoms with Crippen LogP contribution in [0.4, 0.5) is 4.79 Å². The van der Waals surface area contributed by atoms with Crippen LogP contribution >= 0.6 is 0 Å². The molecule has 0 aromatic heterocycles. The molecule has 0 bridgehead atoms. The topological polar surface area (TPSA) is 91.9 Å². The lowest BCUT2D eigenvalue weighted by atomic mass is 10.3. The summed E-state index contributed by atoms with van der Waals surface area (Å²) >= 11 is 0. The molecule has 6 heteroatoms. The van der Waals surface area contributed by atoms with Gasteiger partial charge in [-0.3, -0.25) is 5.43 Å². The monoisotopic (exact) mass is 187 g/mol. The molecule has 0 aliphatic carbocycles. The van der Waals surface area contributed by atoms with E-state index >= 15 is 0 Å². The fraction of sp³-hybridized carbons (Fsp3) is 0.857. The molecule has 0 atom stereocenters. The summed E-state index contributed by atoms with van der Waals surface area (Å²) in [7, 11) is 0. The molecule has 0 aliphatic heterocycles. The normalized spacial score (nSPS) is 12.2. The highest BCUT2D eigenvalue weighted by Crippen LogP contribution is 2.05. The second-order valence-electron chi connectivity index (χ2n) is 3.47. The minimum atomic E-state index is -0.728. The van der Waals surface area contributed by atoms with Gasteiger partial charge in [-0.05, 0) is 27.7 Å². The Labute approximate surface area is 77.9 Å². The third-order valence-electron chi connectivity index (χ3n) is 1.09. The Morgan fingerprint density at radius 2 is 2.00 bits per heavy atom. The predicted molar refractivity (Wildman–Crippen MR) is 49.9 cm³/mol. The van der Waals surface area contributed by atoms with E-state index in [4.69, 9.17) is 5.84 Å². The first kappa shape index (κ1) is 11.8. The van der Waals surface area contributed by atoms with Gasteiger partial charge in [0.25, 0.3) is 0 Å². The number of nitrogens with two attached hydrogens (primary N) is 1. The minimum Gasteiger partial charge on any atom is -0.311 e. The van der Waals surface area contributed by atoms with Gasteiger partial charge in [0.1, 0.15) is 5.66 Å². The number of hydrogen-bond acceptors (Lipinski definition) is 4. The van der Waals surface area contributed by atoms with Gasteiger partial charge in [-0.15, -0.1) is 0 Å². The Bertz CT molecular complexity index is 199. The van der Waals surface area contributed by atoms with Crippen LogP contribution in [0.2, 0.25) is 0 Å². The second kappa shape index (κ2) is 4.76. The number of urea groups is 1. The molecule has 6 nitrogen and oxygen atoms in total. The quantitative estimate of drug-likeness (QED) is 0.263. The van der Waals surface area contributed by atoms with Crippen LogP contribution in [0, 0.1) is 0 Å². The van der Waals surface area contributed by atoms with E-state index in [2.05, 4.69) is 15.5 Å². The summed E-state index contributed by atoms with van der Waals surface area (Å²) in [6, 6.07) is -0.366. The maximum atomic E-state index is 10.8. The van der Waals surface area contributed by atoms with Crippen molar-refractivity contribution in [1.82, 2.24) is 10.7 Å². The highest BCUT2D eigenvalue weighted by Gasteiger charge is 2.18. The Kier molecular flexibility index (Phi) is 4.33. The van der Waals surface area contributed by atoms with E-state index in [1.54, 1.807) is 13.8 Å². The van der Waals surface area contributed by atoms with E-state index in [0.717, 1.165) is 0 Å². The fourth-order valence-corrected chi connectivity index (χ4v) is 0.599. The van der Waals surface area contributed by atoms with Gasteiger partial charge in [0, 0.05) is 0 Å². The number of rotatable bonds is 3. The van der Waals surface area contributed by atoms with E-state index < -0.39 is 11.7 Å². The SMILES string of the molecule is CC(C)N=NC(C)(C)NC(=O)NN. The predicted octanol–water partition coefficient (Wildman–Crippen LogP) is 0.756. The van der Waals surface area contributed by atoms with Gasteiger partial charge in [-0.1, -0.05) is 0 Å². The summed E-state index contributed by atoms with van der Waals surface area (Å²) in [5, 5.41) is 10.4. The number of carbonyl (C=O) groups is 1. The Morgan fingerprint density at radius 1 is 1.46 bits per heavy atom. The van der Waals surface area contributed by atoms with Crippen molar-refractivity contribution >= 4 is 6.03 Å². The Hall–Kier alpha value is -1.17. The van der Waals surface area contributed by atoms with Gasteiger partial charge in [-0.2, -0.15) is 10.2 Å². The minimum absolute atomic E-state index is 0.113. The molecule has 4 N–H and O–H groups in total. The lowest BCUT2D eigenvalue weighted by Crippen LogP contribution is -2.49. The van der Waals surface area contributed by atoms with Crippen LogP contribution in [0.1, 0.15) is 27.7 Å². The van der Waals surface area contributed by atoms with E-state index in [1.165, 1.54) is 0 Å². The lowest BCUT2D eigenvalue weighted by molar-refractivity contribution is 0.229. The average Bonchev–Trinajstić information content (AvgIpc) is 2.00. The number of carbonyl (C=O) groups excluding carboxylic acids is 1. The van der Waals surface area contributed by atoms with Crippen LogP contribution in [-0.2, 0) is 0 Å². The average molecular weight is 187 g/mol. The van der Waals surface area contributed by atoms with Crippen molar-refractivity contribution in [3.63, 3.8) is 0 Å². The summed E-state index contributed by atoms with van der Waals surface area (Å²) < 4.78 is 0. The number of amides is 2. The van der Waals surface area contributed by atoms with Gasteiger partial charge in [-0.25, -0.2) is 10.6 Å². The largest absolute Gasteiger partial charge is 0.330 e.